The number of rotatable bonds is 18. The van der Waals surface area contributed by atoms with Crippen molar-refractivity contribution in [3.8, 4) is 0 Å². The minimum Gasteiger partial charge on any atom is -0.464 e. The van der Waals surface area contributed by atoms with E-state index in [1.165, 1.54) is 54.6 Å². The summed E-state index contributed by atoms with van der Waals surface area (Å²) in [6.07, 6.45) is 13.8. The Hall–Kier alpha value is -6.52. The maximum atomic E-state index is 12.2. The summed E-state index contributed by atoms with van der Waals surface area (Å²) in [5, 5.41) is 33.8. The van der Waals surface area contributed by atoms with Crippen molar-refractivity contribution in [3.05, 3.63) is 140 Å². The number of carbonyl (C=O) groups is 2. The molecule has 0 saturated heterocycles. The fourth-order valence-corrected chi connectivity index (χ4v) is 9.54. The van der Waals surface area contributed by atoms with Gasteiger partial charge in [0, 0.05) is 59.2 Å². The van der Waals surface area contributed by atoms with E-state index in [1.807, 2.05) is 39.8 Å². The van der Waals surface area contributed by atoms with E-state index in [0.717, 1.165) is 33.7 Å². The second-order valence-corrected chi connectivity index (χ2v) is 19.7. The second-order valence-electron chi connectivity index (χ2n) is 16.8. The first-order chi connectivity index (χ1) is 30.4. The smallest absolute Gasteiger partial charge is 0.332 e. The summed E-state index contributed by atoms with van der Waals surface area (Å²) in [6, 6.07) is 11.9. The van der Waals surface area contributed by atoms with Crippen LogP contribution in [0.5, 0.6) is 0 Å². The molecular weight excluding hydrogens is 885 g/mol. The number of quaternary nitrogens is 1. The van der Waals surface area contributed by atoms with Crippen LogP contribution < -0.4 is 9.89 Å². The molecule has 19 nitrogen and oxygen atoms in total. The number of amides is 2. The Bertz CT molecular complexity index is 2860. The molecule has 3 aliphatic heterocycles. The van der Waals surface area contributed by atoms with Crippen LogP contribution in [-0.4, -0.2) is 93.4 Å². The van der Waals surface area contributed by atoms with Gasteiger partial charge in [0.25, 0.3) is 43.4 Å². The average molecular weight is 934 g/mol. The molecule has 0 bridgehead atoms. The molecule has 3 heterocycles. The van der Waals surface area contributed by atoms with Gasteiger partial charge in [0.15, 0.2) is 18.8 Å². The maximum absolute atomic E-state index is 12.2. The minimum absolute atomic E-state index is 0.0376. The van der Waals surface area contributed by atoms with Crippen LogP contribution in [0, 0.1) is 20.2 Å². The summed E-state index contributed by atoms with van der Waals surface area (Å²) in [5.41, 5.74) is 1.78. The van der Waals surface area contributed by atoms with Crippen molar-refractivity contribution < 1.29 is 65.0 Å². The zero-order chi connectivity index (χ0) is 47.6. The average Bonchev–Trinajstić information content (AvgIpc) is 3.74. The Labute approximate surface area is 374 Å². The van der Waals surface area contributed by atoms with Crippen LogP contribution >= 0.6 is 0 Å². The lowest BCUT2D eigenvalue weighted by atomic mass is 9.81. The lowest BCUT2D eigenvalue weighted by molar-refractivity contribution is -0.789. The summed E-state index contributed by atoms with van der Waals surface area (Å²) < 4.78 is 70.1. The van der Waals surface area contributed by atoms with Gasteiger partial charge < -0.3 is 5.11 Å². The number of unbranched alkanes of at least 4 members (excludes halogenated alkanes) is 2. The van der Waals surface area contributed by atoms with Crippen molar-refractivity contribution in [3.63, 3.8) is 0 Å². The molecule has 0 saturated carbocycles. The quantitative estimate of drug-likeness (QED) is 0.0141. The lowest BCUT2D eigenvalue weighted by Crippen LogP contribution is -3.04. The van der Waals surface area contributed by atoms with E-state index in [2.05, 4.69) is 4.99 Å². The molecule has 5 N–H and O–H groups in total. The van der Waals surface area contributed by atoms with E-state index >= 15 is 0 Å². The van der Waals surface area contributed by atoms with Gasteiger partial charge in [-0.05, 0) is 77.3 Å². The van der Waals surface area contributed by atoms with Crippen LogP contribution in [0.3, 0.4) is 0 Å². The molecule has 1 atom stereocenters. The molecule has 3 aromatic rings. The van der Waals surface area contributed by atoms with Gasteiger partial charge in [-0.15, -0.1) is 0 Å². The van der Waals surface area contributed by atoms with E-state index in [-0.39, 0.29) is 40.9 Å². The summed E-state index contributed by atoms with van der Waals surface area (Å²) in [4.78, 5) is 49.8. The standard InChI is InChI=1S/C44H46N6O13S2/c1-43(2)34-26-32(64(58,59)60)14-16-36(34)46(21-10-6-9-13-40(51)45-20-22-47-41(52)18-19-42(47)53)38(43)11-7-5-8-12-39-44(3,4)35-27-33(65(61,62)63)15-17-37(35)48(39)28-29-23-30(49(54)55)25-31(24-29)50(56)57/h5,7-8,11-12,14-19,23-27H,6,9-10,13,20-22,28H2,1-4H3,(H2-,45,51,58,59,60,61,62,63)/p+3. The first-order valence-electron chi connectivity index (χ1n) is 20.5. The summed E-state index contributed by atoms with van der Waals surface area (Å²) in [6.45, 7) is 8.40. The number of nitrogens with one attached hydrogen (secondary N) is 2. The third-order valence-corrected chi connectivity index (χ3v) is 13.5. The number of nitro groups is 2. The molecular formula is C44H49N6O13S2+3. The van der Waals surface area contributed by atoms with Gasteiger partial charge >= 0.3 is 5.90 Å². The van der Waals surface area contributed by atoms with Crippen LogP contribution in [0.1, 0.15) is 70.1 Å². The zero-order valence-corrected chi connectivity index (χ0v) is 37.6. The Balaban J connectivity index is 1.26. The van der Waals surface area contributed by atoms with Crippen molar-refractivity contribution in [1.29, 1.82) is 0 Å². The molecule has 342 valence electrons. The molecule has 21 heteroatoms. The van der Waals surface area contributed by atoms with Gasteiger partial charge in [-0.1, -0.05) is 18.2 Å². The van der Waals surface area contributed by atoms with Gasteiger partial charge in [-0.3, -0.25) is 48.7 Å². The number of allylic oxidation sites excluding steroid dienone is 6. The maximum Gasteiger partial charge on any atom is 0.332 e. The molecule has 3 aliphatic rings. The molecule has 0 spiro atoms. The highest BCUT2D eigenvalue weighted by molar-refractivity contribution is 7.86. The number of carbonyl (C=O) groups excluding carboxylic acids is 2. The first-order valence-corrected chi connectivity index (χ1v) is 23.4. The molecule has 0 aromatic heterocycles. The van der Waals surface area contributed by atoms with E-state index < -0.39 is 64.1 Å². The number of imide groups is 1. The monoisotopic (exact) mass is 933 g/mol. The number of nitro benzene ring substituents is 2. The van der Waals surface area contributed by atoms with Gasteiger partial charge in [-0.25, -0.2) is 4.99 Å². The largest absolute Gasteiger partial charge is 0.464 e. The number of fused-ring (bicyclic) bond motifs is 2. The Morgan fingerprint density at radius 3 is 2.00 bits per heavy atom. The highest BCUT2D eigenvalue weighted by atomic mass is 32.2. The SMILES string of the molecule is CC1(C)C(C=CC=CC=C2[NH+](CCCCCC(O)=[NH+]CCN3C(=O)C=CC3=O)c3ccc(S(=O)(=O)O)cc3C2(C)C)=[N+](Cc2cc([N+](=O)[O-])cc([N+](=O)[O-])c2)c2ccc(S(=O)(=O)O)cc21. The number of aliphatic hydroxyl groups is 1. The fourth-order valence-electron chi connectivity index (χ4n) is 8.52. The third kappa shape index (κ3) is 10.4. The second kappa shape index (κ2) is 18.5. The zero-order valence-electron chi connectivity index (χ0n) is 35.9. The van der Waals surface area contributed by atoms with Crippen molar-refractivity contribution in [2.75, 3.05) is 19.6 Å². The molecule has 0 radical (unpaired) electrons. The Morgan fingerprint density at radius 2 is 1.40 bits per heavy atom. The normalized spacial score (nSPS) is 18.7. The predicted molar refractivity (Wildman–Crippen MR) is 237 cm³/mol. The predicted octanol–water partition coefficient (Wildman–Crippen LogP) is 3.60. The van der Waals surface area contributed by atoms with Gasteiger partial charge in [-0.2, -0.15) is 21.4 Å². The van der Waals surface area contributed by atoms with Crippen LogP contribution in [0.25, 0.3) is 0 Å². The van der Waals surface area contributed by atoms with Crippen molar-refractivity contribution >= 4 is 66.4 Å². The third-order valence-electron chi connectivity index (χ3n) is 11.8. The van der Waals surface area contributed by atoms with Crippen LogP contribution in [0.2, 0.25) is 0 Å². The van der Waals surface area contributed by atoms with E-state index in [9.17, 15) is 60.9 Å². The van der Waals surface area contributed by atoms with Crippen LogP contribution in [0.15, 0.2) is 113 Å². The number of hydrogen-bond donors (Lipinski definition) is 5. The number of hydrogen-bond acceptors (Lipinski definition) is 10. The van der Waals surface area contributed by atoms with E-state index in [4.69, 9.17) is 0 Å². The van der Waals surface area contributed by atoms with Gasteiger partial charge in [0.2, 0.25) is 5.69 Å². The van der Waals surface area contributed by atoms with Crippen LogP contribution in [0.4, 0.5) is 22.7 Å². The molecule has 0 fully saturated rings. The molecule has 3 aromatic carbocycles. The number of aliphatic hydroxyl groups excluding tert-OH is 1. The van der Waals surface area contributed by atoms with E-state index in [1.54, 1.807) is 28.9 Å². The van der Waals surface area contributed by atoms with Gasteiger partial charge in [0.1, 0.15) is 11.4 Å². The summed E-state index contributed by atoms with van der Waals surface area (Å²) in [5.74, 6) is -0.765. The van der Waals surface area contributed by atoms with Crippen molar-refractivity contribution in [1.82, 2.24) is 4.90 Å². The fraction of sp³-hybridized carbons (Fsp3) is 0.318. The van der Waals surface area contributed by atoms with Crippen LogP contribution in [-0.2, 0) is 47.2 Å². The van der Waals surface area contributed by atoms with E-state index in [0.29, 0.717) is 48.3 Å². The van der Waals surface area contributed by atoms with Crippen molar-refractivity contribution in [2.24, 2.45) is 0 Å². The van der Waals surface area contributed by atoms with Crippen molar-refractivity contribution in [2.45, 2.75) is 80.5 Å². The molecule has 65 heavy (non-hydrogen) atoms. The highest BCUT2D eigenvalue weighted by Crippen LogP contribution is 2.43. The minimum atomic E-state index is -4.59. The molecule has 6 rings (SSSR count). The number of non-ortho nitro benzene ring substituents is 2. The lowest BCUT2D eigenvalue weighted by Gasteiger charge is -2.21. The number of nitrogens with zero attached hydrogens (tertiary/aromatic N) is 4. The Morgan fingerprint density at radius 1 is 0.800 bits per heavy atom. The highest BCUT2D eigenvalue weighted by Gasteiger charge is 2.47. The summed E-state index contributed by atoms with van der Waals surface area (Å²) in [7, 11) is -9.09. The number of benzene rings is 3. The molecule has 1 unspecified atom stereocenters. The topological polar surface area (TPSA) is 274 Å². The van der Waals surface area contributed by atoms with Gasteiger partial charge in [0.05, 0.1) is 56.0 Å². The summed E-state index contributed by atoms with van der Waals surface area (Å²) >= 11 is 0. The molecule has 2 amide bonds. The first kappa shape index (κ1) is 47.9. The Kier molecular flexibility index (Phi) is 13.7. The molecule has 0 aliphatic carbocycles.